The molecule has 2 atom stereocenters. The van der Waals surface area contributed by atoms with E-state index in [1.165, 1.54) is 6.07 Å². The molecule has 28 heavy (non-hydrogen) atoms. The van der Waals surface area contributed by atoms with Crippen molar-refractivity contribution in [2.45, 2.75) is 65.5 Å². The second-order valence-electron chi connectivity index (χ2n) is 6.85. The molecule has 0 fully saturated rings. The van der Waals surface area contributed by atoms with Gasteiger partial charge in [-0.25, -0.2) is 9.59 Å². The van der Waals surface area contributed by atoms with Crippen molar-refractivity contribution in [2.75, 3.05) is 0 Å². The van der Waals surface area contributed by atoms with Crippen molar-refractivity contribution in [2.24, 2.45) is 0 Å². The Morgan fingerprint density at radius 3 is 2.57 bits per heavy atom. The summed E-state index contributed by atoms with van der Waals surface area (Å²) in [7, 11) is 0. The number of aliphatic carboxylic acids is 1. The molecule has 7 nitrogen and oxygen atoms in total. The standard InChI is InChI=1S/C21H27NO6/c1-5-7-14-11-18(23)28-19-12(3)17(10-9-15(14)19)27-13(4)20(24)22-16(8-6-2)21(25)26/h9-11,13,16H,5-8H2,1-4H3,(H,22,24)(H,25,26)/t13-,16-/m1/s1. The molecule has 152 valence electrons. The molecule has 1 heterocycles. The zero-order valence-electron chi connectivity index (χ0n) is 16.7. The molecule has 2 aromatic rings. The number of aryl methyl sites for hydroxylation is 2. The third-order valence-electron chi connectivity index (χ3n) is 4.58. The molecular weight excluding hydrogens is 362 g/mol. The second-order valence-corrected chi connectivity index (χ2v) is 6.85. The van der Waals surface area contributed by atoms with Crippen molar-refractivity contribution in [3.8, 4) is 5.75 Å². The number of carbonyl (C=O) groups excluding carboxylic acids is 1. The SMILES string of the molecule is CCCc1cc(=O)oc2c(C)c(O[C@H](C)C(=O)N[C@H](CCC)C(=O)O)ccc12. The first-order chi connectivity index (χ1) is 13.3. The fourth-order valence-corrected chi connectivity index (χ4v) is 3.09. The van der Waals surface area contributed by atoms with Crippen LogP contribution in [-0.4, -0.2) is 29.1 Å². The predicted molar refractivity (Wildman–Crippen MR) is 106 cm³/mol. The molecule has 0 spiro atoms. The van der Waals surface area contributed by atoms with Crippen LogP contribution < -0.4 is 15.7 Å². The van der Waals surface area contributed by atoms with Crippen LogP contribution in [0.4, 0.5) is 0 Å². The summed E-state index contributed by atoms with van der Waals surface area (Å²) in [5.74, 6) is -1.18. The minimum absolute atomic E-state index is 0.341. The maximum absolute atomic E-state index is 12.3. The Kier molecular flexibility index (Phi) is 7.20. The highest BCUT2D eigenvalue weighted by Gasteiger charge is 2.24. The summed E-state index contributed by atoms with van der Waals surface area (Å²) in [6.07, 6.45) is 1.73. The van der Waals surface area contributed by atoms with Gasteiger partial charge in [-0.1, -0.05) is 26.7 Å². The molecule has 0 unspecified atom stereocenters. The van der Waals surface area contributed by atoms with Crippen molar-refractivity contribution >= 4 is 22.8 Å². The minimum Gasteiger partial charge on any atom is -0.480 e. The van der Waals surface area contributed by atoms with E-state index in [4.69, 9.17) is 9.15 Å². The van der Waals surface area contributed by atoms with Crippen LogP contribution in [0, 0.1) is 6.92 Å². The molecule has 1 amide bonds. The lowest BCUT2D eigenvalue weighted by atomic mass is 10.0. The Balaban J connectivity index is 2.26. The van der Waals surface area contributed by atoms with E-state index >= 15 is 0 Å². The maximum Gasteiger partial charge on any atom is 0.336 e. The number of carbonyl (C=O) groups is 2. The highest BCUT2D eigenvalue weighted by Crippen LogP contribution is 2.29. The summed E-state index contributed by atoms with van der Waals surface area (Å²) < 4.78 is 11.1. The summed E-state index contributed by atoms with van der Waals surface area (Å²) in [4.78, 5) is 35.5. The van der Waals surface area contributed by atoms with Gasteiger partial charge in [0, 0.05) is 17.0 Å². The average Bonchev–Trinajstić information content (AvgIpc) is 2.64. The molecule has 2 N–H and O–H groups in total. The van der Waals surface area contributed by atoms with Crippen LogP contribution in [0.25, 0.3) is 11.0 Å². The lowest BCUT2D eigenvalue weighted by Gasteiger charge is -2.20. The van der Waals surface area contributed by atoms with Gasteiger partial charge in [0.2, 0.25) is 0 Å². The number of benzene rings is 1. The number of hydrogen-bond acceptors (Lipinski definition) is 5. The van der Waals surface area contributed by atoms with E-state index in [9.17, 15) is 19.5 Å². The smallest absolute Gasteiger partial charge is 0.336 e. The summed E-state index contributed by atoms with van der Waals surface area (Å²) in [6, 6.07) is 4.10. The number of amides is 1. The third-order valence-corrected chi connectivity index (χ3v) is 4.58. The number of carboxylic acids is 1. The van der Waals surface area contributed by atoms with Gasteiger partial charge >= 0.3 is 11.6 Å². The third kappa shape index (κ3) is 4.91. The molecule has 0 aliphatic heterocycles. The van der Waals surface area contributed by atoms with Crippen LogP contribution >= 0.6 is 0 Å². The first-order valence-corrected chi connectivity index (χ1v) is 9.54. The van der Waals surface area contributed by atoms with E-state index in [1.54, 1.807) is 19.9 Å². The van der Waals surface area contributed by atoms with Gasteiger partial charge in [0.05, 0.1) is 0 Å². The van der Waals surface area contributed by atoms with Gasteiger partial charge in [-0.2, -0.15) is 0 Å². The largest absolute Gasteiger partial charge is 0.480 e. The molecule has 7 heteroatoms. The highest BCUT2D eigenvalue weighted by atomic mass is 16.5. The normalized spacial score (nSPS) is 13.1. The summed E-state index contributed by atoms with van der Waals surface area (Å²) in [5.41, 5.74) is 1.55. The fraction of sp³-hybridized carbons (Fsp3) is 0.476. The van der Waals surface area contributed by atoms with E-state index < -0.39 is 29.6 Å². The van der Waals surface area contributed by atoms with E-state index in [-0.39, 0.29) is 0 Å². The Morgan fingerprint density at radius 2 is 1.96 bits per heavy atom. The lowest BCUT2D eigenvalue weighted by Crippen LogP contribution is -2.46. The maximum atomic E-state index is 12.3. The summed E-state index contributed by atoms with van der Waals surface area (Å²) in [5, 5.41) is 12.5. The zero-order valence-corrected chi connectivity index (χ0v) is 16.7. The van der Waals surface area contributed by atoms with Gasteiger partial charge in [-0.05, 0) is 44.4 Å². The van der Waals surface area contributed by atoms with Gasteiger partial charge < -0.3 is 19.6 Å². The van der Waals surface area contributed by atoms with Gasteiger partial charge in [0.25, 0.3) is 5.91 Å². The first kappa shape index (κ1) is 21.5. The number of fused-ring (bicyclic) bond motifs is 1. The number of ether oxygens (including phenoxy) is 1. The topological polar surface area (TPSA) is 106 Å². The van der Waals surface area contributed by atoms with Crippen LogP contribution in [0.2, 0.25) is 0 Å². The van der Waals surface area contributed by atoms with Gasteiger partial charge in [0.1, 0.15) is 17.4 Å². The van der Waals surface area contributed by atoms with E-state index in [2.05, 4.69) is 5.32 Å². The monoisotopic (exact) mass is 389 g/mol. The highest BCUT2D eigenvalue weighted by molar-refractivity contribution is 5.87. The van der Waals surface area contributed by atoms with Crippen molar-refractivity contribution in [1.29, 1.82) is 0 Å². The van der Waals surface area contributed by atoms with Crippen LogP contribution in [0.15, 0.2) is 27.4 Å². The fourth-order valence-electron chi connectivity index (χ4n) is 3.09. The molecule has 1 aromatic carbocycles. The molecule has 0 saturated carbocycles. The first-order valence-electron chi connectivity index (χ1n) is 9.54. The second kappa shape index (κ2) is 9.39. The van der Waals surface area contributed by atoms with Crippen molar-refractivity contribution in [3.05, 3.63) is 39.7 Å². The van der Waals surface area contributed by atoms with Crippen LogP contribution in [0.1, 0.15) is 51.2 Å². The van der Waals surface area contributed by atoms with Gasteiger partial charge in [-0.3, -0.25) is 4.79 Å². The van der Waals surface area contributed by atoms with Crippen LogP contribution in [0.3, 0.4) is 0 Å². The molecule has 0 bridgehead atoms. The van der Waals surface area contributed by atoms with Crippen molar-refractivity contribution in [3.63, 3.8) is 0 Å². The Bertz CT molecular complexity index is 917. The van der Waals surface area contributed by atoms with Crippen molar-refractivity contribution < 1.29 is 23.8 Å². The predicted octanol–water partition coefficient (Wildman–Crippen LogP) is 3.19. The van der Waals surface area contributed by atoms with Crippen LogP contribution in [-0.2, 0) is 16.0 Å². The molecule has 0 saturated heterocycles. The Morgan fingerprint density at radius 1 is 1.25 bits per heavy atom. The van der Waals surface area contributed by atoms with Gasteiger partial charge in [-0.15, -0.1) is 0 Å². The zero-order chi connectivity index (χ0) is 20.8. The van der Waals surface area contributed by atoms with E-state index in [0.29, 0.717) is 29.7 Å². The molecule has 2 rings (SSSR count). The van der Waals surface area contributed by atoms with Gasteiger partial charge in [0.15, 0.2) is 6.10 Å². The van der Waals surface area contributed by atoms with Crippen LogP contribution in [0.5, 0.6) is 5.75 Å². The quantitative estimate of drug-likeness (QED) is 0.638. The molecular formula is C21H27NO6. The molecule has 0 radical (unpaired) electrons. The van der Waals surface area contributed by atoms with Crippen molar-refractivity contribution in [1.82, 2.24) is 5.32 Å². The molecule has 0 aliphatic rings. The summed E-state index contributed by atoms with van der Waals surface area (Å²) in [6.45, 7) is 7.20. The number of nitrogens with one attached hydrogen (secondary N) is 1. The molecule has 1 aromatic heterocycles. The van der Waals surface area contributed by atoms with E-state index in [1.807, 2.05) is 19.9 Å². The number of carboxylic acid groups (broad SMARTS) is 1. The van der Waals surface area contributed by atoms with E-state index in [0.717, 1.165) is 23.8 Å². The average molecular weight is 389 g/mol. The Labute approximate surface area is 163 Å². The minimum atomic E-state index is -1.07. The Hall–Kier alpha value is -2.83. The number of rotatable bonds is 9. The lowest BCUT2D eigenvalue weighted by molar-refractivity contribution is -0.143. The summed E-state index contributed by atoms with van der Waals surface area (Å²) >= 11 is 0. The number of hydrogen-bond donors (Lipinski definition) is 2. The molecule has 0 aliphatic carbocycles.